The fourth-order valence-electron chi connectivity index (χ4n) is 2.41. The molecule has 3 rings (SSSR count). The molecule has 0 aliphatic heterocycles. The molecular weight excluding hydrogens is 248 g/mol. The summed E-state index contributed by atoms with van der Waals surface area (Å²) in [5.74, 6) is 1.01. The van der Waals surface area contributed by atoms with Gasteiger partial charge in [-0.15, -0.1) is 0 Å². The summed E-state index contributed by atoms with van der Waals surface area (Å²) in [4.78, 5) is 9.02. The number of hydrogen-bond acceptors (Lipinski definition) is 3. The van der Waals surface area contributed by atoms with Gasteiger partial charge in [0.15, 0.2) is 0 Å². The molecule has 0 fully saturated rings. The zero-order valence-corrected chi connectivity index (χ0v) is 11.5. The topological polar surface area (TPSA) is 56.7 Å². The maximum Gasteiger partial charge on any atom is 0.110 e. The van der Waals surface area contributed by atoms with Gasteiger partial charge in [0.05, 0.1) is 17.3 Å². The number of aryl methyl sites for hydroxylation is 1. The van der Waals surface area contributed by atoms with Gasteiger partial charge in [-0.25, -0.2) is 4.98 Å². The van der Waals surface area contributed by atoms with Crippen LogP contribution in [0.25, 0.3) is 10.9 Å². The highest BCUT2D eigenvalue weighted by atomic mass is 15.1. The van der Waals surface area contributed by atoms with E-state index in [9.17, 15) is 0 Å². The Morgan fingerprint density at radius 1 is 1.20 bits per heavy atom. The molecule has 4 heteroatoms. The Morgan fingerprint density at radius 3 is 2.90 bits per heavy atom. The Morgan fingerprint density at radius 2 is 2.05 bits per heavy atom. The Kier molecular flexibility index (Phi) is 3.48. The molecule has 0 aliphatic carbocycles. The number of para-hydroxylation sites is 1. The van der Waals surface area contributed by atoms with Gasteiger partial charge in [0.2, 0.25) is 0 Å². The average molecular weight is 266 g/mol. The second-order valence-corrected chi connectivity index (χ2v) is 4.87. The van der Waals surface area contributed by atoms with Crippen molar-refractivity contribution in [3.63, 3.8) is 0 Å². The van der Waals surface area contributed by atoms with E-state index >= 15 is 0 Å². The molecule has 0 saturated carbocycles. The summed E-state index contributed by atoms with van der Waals surface area (Å²) in [5.41, 5.74) is 8.18. The van der Waals surface area contributed by atoms with Gasteiger partial charge in [-0.05, 0) is 19.1 Å². The second kappa shape index (κ2) is 5.43. The molecule has 20 heavy (non-hydrogen) atoms. The summed E-state index contributed by atoms with van der Waals surface area (Å²) in [7, 11) is 0. The van der Waals surface area contributed by atoms with Crippen LogP contribution in [0.15, 0.2) is 48.8 Å². The van der Waals surface area contributed by atoms with Crippen molar-refractivity contribution in [2.24, 2.45) is 5.73 Å². The minimum atomic E-state index is -0.132. The number of benzene rings is 1. The zero-order valence-electron chi connectivity index (χ0n) is 11.5. The van der Waals surface area contributed by atoms with Crippen LogP contribution in [0.2, 0.25) is 0 Å². The third-order valence-electron chi connectivity index (χ3n) is 3.54. The van der Waals surface area contributed by atoms with Crippen molar-refractivity contribution in [2.45, 2.75) is 25.9 Å². The number of pyridine rings is 1. The third kappa shape index (κ3) is 2.42. The van der Waals surface area contributed by atoms with Gasteiger partial charge < -0.3 is 10.3 Å². The molecule has 0 amide bonds. The van der Waals surface area contributed by atoms with Crippen LogP contribution in [0.1, 0.15) is 24.5 Å². The molecule has 102 valence electrons. The smallest absolute Gasteiger partial charge is 0.110 e. The highest BCUT2D eigenvalue weighted by Gasteiger charge is 2.12. The first-order chi connectivity index (χ1) is 9.78. The Hall–Kier alpha value is -2.20. The van der Waals surface area contributed by atoms with Crippen molar-refractivity contribution in [3.8, 4) is 0 Å². The number of rotatable bonds is 4. The SMILES string of the molecule is CCn1ccnc1CC(N)c1ccc2ccccc2n1. The van der Waals surface area contributed by atoms with Gasteiger partial charge in [-0.2, -0.15) is 0 Å². The van der Waals surface area contributed by atoms with Gasteiger partial charge in [0, 0.05) is 30.7 Å². The minimum Gasteiger partial charge on any atom is -0.335 e. The van der Waals surface area contributed by atoms with E-state index in [2.05, 4.69) is 33.6 Å². The predicted molar refractivity (Wildman–Crippen MR) is 80.3 cm³/mol. The van der Waals surface area contributed by atoms with Crippen molar-refractivity contribution in [2.75, 3.05) is 0 Å². The molecule has 0 saturated heterocycles. The molecule has 2 aromatic heterocycles. The van der Waals surface area contributed by atoms with E-state index in [4.69, 9.17) is 5.73 Å². The maximum absolute atomic E-state index is 6.28. The fraction of sp³-hybridized carbons (Fsp3) is 0.250. The van der Waals surface area contributed by atoms with Crippen molar-refractivity contribution >= 4 is 10.9 Å². The molecule has 0 radical (unpaired) electrons. The predicted octanol–water partition coefficient (Wildman–Crippen LogP) is 2.69. The molecule has 0 aliphatic rings. The van der Waals surface area contributed by atoms with Crippen LogP contribution in [0.5, 0.6) is 0 Å². The number of nitrogens with zero attached hydrogens (tertiary/aromatic N) is 3. The second-order valence-electron chi connectivity index (χ2n) is 4.87. The number of nitrogens with two attached hydrogens (primary N) is 1. The van der Waals surface area contributed by atoms with E-state index in [1.807, 2.05) is 36.7 Å². The molecule has 2 heterocycles. The number of aromatic nitrogens is 3. The van der Waals surface area contributed by atoms with Crippen LogP contribution in [-0.4, -0.2) is 14.5 Å². The van der Waals surface area contributed by atoms with Crippen LogP contribution in [0, 0.1) is 0 Å². The lowest BCUT2D eigenvalue weighted by Crippen LogP contribution is -2.17. The standard InChI is InChI=1S/C16H18N4/c1-2-20-10-9-18-16(20)11-13(17)15-8-7-12-5-3-4-6-14(12)19-15/h3-10,13H,2,11,17H2,1H3. The molecular formula is C16H18N4. The number of hydrogen-bond donors (Lipinski definition) is 1. The highest BCUT2D eigenvalue weighted by molar-refractivity contribution is 5.78. The molecule has 4 nitrogen and oxygen atoms in total. The lowest BCUT2D eigenvalue weighted by Gasteiger charge is -2.12. The minimum absolute atomic E-state index is 0.132. The van der Waals surface area contributed by atoms with Crippen molar-refractivity contribution in [1.82, 2.24) is 14.5 Å². The first-order valence-corrected chi connectivity index (χ1v) is 6.89. The van der Waals surface area contributed by atoms with Crippen molar-refractivity contribution < 1.29 is 0 Å². The molecule has 2 N–H and O–H groups in total. The van der Waals surface area contributed by atoms with Crippen LogP contribution in [0.4, 0.5) is 0 Å². The van der Waals surface area contributed by atoms with E-state index in [1.165, 1.54) is 0 Å². The Balaban J connectivity index is 1.86. The summed E-state index contributed by atoms with van der Waals surface area (Å²) >= 11 is 0. The Labute approximate surface area is 118 Å². The van der Waals surface area contributed by atoms with E-state index < -0.39 is 0 Å². The van der Waals surface area contributed by atoms with Crippen molar-refractivity contribution in [1.29, 1.82) is 0 Å². The summed E-state index contributed by atoms with van der Waals surface area (Å²) in [6, 6.07) is 12.0. The van der Waals surface area contributed by atoms with E-state index in [-0.39, 0.29) is 6.04 Å². The normalized spacial score (nSPS) is 12.7. The Bertz CT molecular complexity index is 717. The van der Waals surface area contributed by atoms with Gasteiger partial charge >= 0.3 is 0 Å². The largest absolute Gasteiger partial charge is 0.335 e. The summed E-state index contributed by atoms with van der Waals surface area (Å²) in [6.07, 6.45) is 4.50. The monoisotopic (exact) mass is 266 g/mol. The van der Waals surface area contributed by atoms with Crippen LogP contribution in [0.3, 0.4) is 0 Å². The maximum atomic E-state index is 6.28. The van der Waals surface area contributed by atoms with Crippen LogP contribution >= 0.6 is 0 Å². The molecule has 1 atom stereocenters. The lowest BCUT2D eigenvalue weighted by molar-refractivity contribution is 0.619. The van der Waals surface area contributed by atoms with Crippen LogP contribution in [-0.2, 0) is 13.0 Å². The fourth-order valence-corrected chi connectivity index (χ4v) is 2.41. The number of imidazole rings is 1. The average Bonchev–Trinajstić information content (AvgIpc) is 2.94. The first kappa shape index (κ1) is 12.8. The molecule has 1 aromatic carbocycles. The molecule has 3 aromatic rings. The van der Waals surface area contributed by atoms with Gasteiger partial charge in [-0.3, -0.25) is 4.98 Å². The lowest BCUT2D eigenvalue weighted by atomic mass is 10.1. The molecule has 0 spiro atoms. The van der Waals surface area contributed by atoms with E-state index in [0.717, 1.165) is 29.0 Å². The molecule has 0 bridgehead atoms. The number of fused-ring (bicyclic) bond motifs is 1. The zero-order chi connectivity index (χ0) is 13.9. The molecule has 1 unspecified atom stereocenters. The van der Waals surface area contributed by atoms with Gasteiger partial charge in [0.1, 0.15) is 5.82 Å². The van der Waals surface area contributed by atoms with Gasteiger partial charge in [0.25, 0.3) is 0 Å². The van der Waals surface area contributed by atoms with Crippen LogP contribution < -0.4 is 5.73 Å². The van der Waals surface area contributed by atoms with Gasteiger partial charge in [-0.1, -0.05) is 24.3 Å². The highest BCUT2D eigenvalue weighted by Crippen LogP contribution is 2.18. The van der Waals surface area contributed by atoms with Crippen molar-refractivity contribution in [3.05, 3.63) is 60.3 Å². The van der Waals surface area contributed by atoms with E-state index in [0.29, 0.717) is 6.42 Å². The first-order valence-electron chi connectivity index (χ1n) is 6.89. The summed E-state index contributed by atoms with van der Waals surface area (Å²) in [6.45, 7) is 3.01. The van der Waals surface area contributed by atoms with E-state index in [1.54, 1.807) is 0 Å². The summed E-state index contributed by atoms with van der Waals surface area (Å²) in [5, 5.41) is 1.14. The summed E-state index contributed by atoms with van der Waals surface area (Å²) < 4.78 is 2.11. The third-order valence-corrected chi connectivity index (χ3v) is 3.54. The quantitative estimate of drug-likeness (QED) is 0.790.